The van der Waals surface area contributed by atoms with Gasteiger partial charge in [0.25, 0.3) is 0 Å². The first-order chi connectivity index (χ1) is 12.8. The first-order valence-electron chi connectivity index (χ1n) is 9.03. The molecular formula is C21H24O5. The molecule has 2 saturated heterocycles. The van der Waals surface area contributed by atoms with Gasteiger partial charge in [0.15, 0.2) is 6.29 Å². The van der Waals surface area contributed by atoms with Gasteiger partial charge >= 0.3 is 0 Å². The minimum atomic E-state index is -0.815. The van der Waals surface area contributed by atoms with E-state index in [4.69, 9.17) is 18.9 Å². The van der Waals surface area contributed by atoms with E-state index in [1.54, 1.807) is 0 Å². The standard InChI is InChI=1S/C21H24O5/c22-19-20-24-12-11-21(19,25-14-17-9-5-2-6-10-17)18(26-20)15-23-13-16-7-3-1-4-8-16/h1-10,18-20,22H,11-15H2/t18-,19+,20-,21+/m1/s1. The highest BCUT2D eigenvalue weighted by atomic mass is 16.7. The van der Waals surface area contributed by atoms with E-state index in [2.05, 4.69) is 0 Å². The van der Waals surface area contributed by atoms with Crippen molar-refractivity contribution < 1.29 is 24.1 Å². The number of aliphatic hydroxyl groups is 1. The number of benzene rings is 2. The van der Waals surface area contributed by atoms with Crippen molar-refractivity contribution in [3.05, 3.63) is 71.8 Å². The summed E-state index contributed by atoms with van der Waals surface area (Å²) >= 11 is 0. The van der Waals surface area contributed by atoms with Crippen LogP contribution in [0.1, 0.15) is 17.5 Å². The zero-order chi connectivity index (χ0) is 17.8. The minimum Gasteiger partial charge on any atom is -0.385 e. The largest absolute Gasteiger partial charge is 0.385 e. The van der Waals surface area contributed by atoms with Crippen LogP contribution in [-0.4, -0.2) is 42.4 Å². The molecule has 5 nitrogen and oxygen atoms in total. The van der Waals surface area contributed by atoms with Crippen molar-refractivity contribution in [2.45, 2.75) is 43.7 Å². The normalized spacial score (nSPS) is 30.4. The van der Waals surface area contributed by atoms with Crippen molar-refractivity contribution >= 4 is 0 Å². The Morgan fingerprint density at radius 3 is 2.31 bits per heavy atom. The third-order valence-electron chi connectivity index (χ3n) is 5.11. The van der Waals surface area contributed by atoms with E-state index in [9.17, 15) is 5.11 Å². The Balaban J connectivity index is 1.42. The van der Waals surface area contributed by atoms with Crippen LogP contribution in [-0.2, 0) is 32.2 Å². The topological polar surface area (TPSA) is 57.2 Å². The van der Waals surface area contributed by atoms with Gasteiger partial charge in [-0.2, -0.15) is 0 Å². The van der Waals surface area contributed by atoms with E-state index in [1.165, 1.54) is 0 Å². The lowest BCUT2D eigenvalue weighted by Gasteiger charge is -2.38. The van der Waals surface area contributed by atoms with E-state index in [-0.39, 0.29) is 6.10 Å². The number of hydrogen-bond acceptors (Lipinski definition) is 5. The molecule has 2 aliphatic rings. The zero-order valence-corrected chi connectivity index (χ0v) is 14.6. The van der Waals surface area contributed by atoms with Gasteiger partial charge in [0.2, 0.25) is 0 Å². The van der Waals surface area contributed by atoms with Crippen LogP contribution < -0.4 is 0 Å². The average Bonchev–Trinajstić information content (AvgIpc) is 2.83. The van der Waals surface area contributed by atoms with Crippen molar-refractivity contribution in [2.75, 3.05) is 13.2 Å². The molecule has 2 bridgehead atoms. The van der Waals surface area contributed by atoms with Gasteiger partial charge in [-0.05, 0) is 11.1 Å². The highest BCUT2D eigenvalue weighted by molar-refractivity contribution is 5.15. The van der Waals surface area contributed by atoms with Gasteiger partial charge in [-0.3, -0.25) is 0 Å². The van der Waals surface area contributed by atoms with E-state index in [1.807, 2.05) is 60.7 Å². The summed E-state index contributed by atoms with van der Waals surface area (Å²) in [6.07, 6.45) is -1.25. The molecule has 0 radical (unpaired) electrons. The van der Waals surface area contributed by atoms with Crippen molar-refractivity contribution in [1.29, 1.82) is 0 Å². The summed E-state index contributed by atoms with van der Waals surface area (Å²) in [6.45, 7) is 1.77. The lowest BCUT2D eigenvalue weighted by atomic mass is 9.87. The van der Waals surface area contributed by atoms with E-state index in [0.29, 0.717) is 32.8 Å². The molecule has 0 saturated carbocycles. The molecule has 2 heterocycles. The van der Waals surface area contributed by atoms with Gasteiger partial charge in [-0.15, -0.1) is 0 Å². The number of rotatable bonds is 7. The molecule has 138 valence electrons. The molecule has 0 spiro atoms. The summed E-state index contributed by atoms with van der Waals surface area (Å²) in [5.74, 6) is 0. The Bertz CT molecular complexity index is 692. The molecule has 5 heteroatoms. The third-order valence-corrected chi connectivity index (χ3v) is 5.11. The van der Waals surface area contributed by atoms with E-state index < -0.39 is 18.0 Å². The quantitative estimate of drug-likeness (QED) is 0.827. The maximum atomic E-state index is 10.7. The molecule has 0 unspecified atom stereocenters. The molecule has 26 heavy (non-hydrogen) atoms. The number of fused-ring (bicyclic) bond motifs is 2. The Hall–Kier alpha value is -1.76. The minimum absolute atomic E-state index is 0.348. The molecule has 1 N–H and O–H groups in total. The molecule has 4 atom stereocenters. The Morgan fingerprint density at radius 2 is 1.62 bits per heavy atom. The molecule has 2 aromatic rings. The summed E-state index contributed by atoms with van der Waals surface area (Å²) < 4.78 is 23.6. The van der Waals surface area contributed by atoms with Crippen molar-refractivity contribution in [3.8, 4) is 0 Å². The fourth-order valence-electron chi connectivity index (χ4n) is 3.63. The number of ether oxygens (including phenoxy) is 4. The first kappa shape index (κ1) is 17.6. The highest BCUT2D eigenvalue weighted by Gasteiger charge is 2.60. The first-order valence-corrected chi connectivity index (χ1v) is 9.03. The monoisotopic (exact) mass is 356 g/mol. The second-order valence-electron chi connectivity index (χ2n) is 6.79. The fraction of sp³-hybridized carbons (Fsp3) is 0.429. The third kappa shape index (κ3) is 3.54. The predicted octanol–water partition coefficient (Wildman–Crippen LogP) is 2.66. The van der Waals surface area contributed by atoms with Crippen molar-refractivity contribution in [3.63, 3.8) is 0 Å². The SMILES string of the molecule is O[C@H]1[C@@H]2OCC[C@]1(OCc1ccccc1)[C@@H](COCc1ccccc1)O2. The van der Waals surface area contributed by atoms with Crippen LogP contribution in [0.5, 0.6) is 0 Å². The maximum Gasteiger partial charge on any atom is 0.186 e. The number of hydrogen-bond donors (Lipinski definition) is 1. The van der Waals surface area contributed by atoms with Gasteiger partial charge in [0.05, 0.1) is 26.4 Å². The Kier molecular flexibility index (Phi) is 5.33. The maximum absolute atomic E-state index is 10.7. The van der Waals surface area contributed by atoms with Crippen LogP contribution >= 0.6 is 0 Å². The van der Waals surface area contributed by atoms with Gasteiger partial charge in [-0.25, -0.2) is 0 Å². The zero-order valence-electron chi connectivity index (χ0n) is 14.6. The molecule has 2 aliphatic heterocycles. The molecule has 0 aliphatic carbocycles. The summed E-state index contributed by atoms with van der Waals surface area (Å²) in [6, 6.07) is 19.9. The van der Waals surface area contributed by atoms with Gasteiger partial charge < -0.3 is 24.1 Å². The summed E-state index contributed by atoms with van der Waals surface area (Å²) in [5.41, 5.74) is 1.37. The summed E-state index contributed by atoms with van der Waals surface area (Å²) in [5, 5.41) is 10.7. The van der Waals surface area contributed by atoms with E-state index >= 15 is 0 Å². The van der Waals surface area contributed by atoms with Crippen LogP contribution in [0.3, 0.4) is 0 Å². The van der Waals surface area contributed by atoms with Crippen LogP contribution in [0.15, 0.2) is 60.7 Å². The molecule has 4 rings (SSSR count). The second kappa shape index (κ2) is 7.86. The highest BCUT2D eigenvalue weighted by Crippen LogP contribution is 2.42. The van der Waals surface area contributed by atoms with Crippen molar-refractivity contribution in [2.24, 2.45) is 0 Å². The van der Waals surface area contributed by atoms with Crippen LogP contribution in [0.4, 0.5) is 0 Å². The molecular weight excluding hydrogens is 332 g/mol. The van der Waals surface area contributed by atoms with Crippen LogP contribution in [0.2, 0.25) is 0 Å². The molecule has 2 aromatic carbocycles. The molecule has 0 amide bonds. The van der Waals surface area contributed by atoms with E-state index in [0.717, 1.165) is 11.1 Å². The lowest BCUT2D eigenvalue weighted by Crippen LogP contribution is -2.55. The smallest absolute Gasteiger partial charge is 0.186 e. The summed E-state index contributed by atoms with van der Waals surface area (Å²) in [7, 11) is 0. The average molecular weight is 356 g/mol. The Labute approximate surface area is 153 Å². The van der Waals surface area contributed by atoms with Gasteiger partial charge in [-0.1, -0.05) is 60.7 Å². The fourth-order valence-corrected chi connectivity index (χ4v) is 3.63. The Morgan fingerprint density at radius 1 is 0.962 bits per heavy atom. The number of aliphatic hydroxyl groups excluding tert-OH is 1. The summed E-state index contributed by atoms with van der Waals surface area (Å²) in [4.78, 5) is 0. The van der Waals surface area contributed by atoms with Crippen LogP contribution in [0, 0.1) is 0 Å². The van der Waals surface area contributed by atoms with Crippen molar-refractivity contribution in [1.82, 2.24) is 0 Å². The van der Waals surface area contributed by atoms with Gasteiger partial charge in [0, 0.05) is 6.42 Å². The lowest BCUT2D eigenvalue weighted by molar-refractivity contribution is -0.202. The molecule has 0 aromatic heterocycles. The van der Waals surface area contributed by atoms with Crippen LogP contribution in [0.25, 0.3) is 0 Å². The predicted molar refractivity (Wildman–Crippen MR) is 95.3 cm³/mol. The molecule has 2 fully saturated rings. The van der Waals surface area contributed by atoms with Gasteiger partial charge in [0.1, 0.15) is 17.8 Å². The second-order valence-corrected chi connectivity index (χ2v) is 6.79.